The van der Waals surface area contributed by atoms with Crippen molar-refractivity contribution < 1.29 is 4.42 Å². The standard InChI is InChI=1S/C42H27NO/c1-2-8-27(9-3-1)22-28-14-20-40(43-26-28)31-16-19-35-34-18-15-29(23-37(34)32-10-4-5-11-33(32)38(35)25-31)30-17-21-42-39(24-30)36-12-6-7-13-41(36)44-42/h1-21,23-26H,22H2. The first kappa shape index (κ1) is 24.8. The molecule has 0 saturated carbocycles. The molecule has 0 unspecified atom stereocenters. The second-order valence-electron chi connectivity index (χ2n) is 11.6. The Kier molecular flexibility index (Phi) is 5.60. The number of nitrogens with zero attached hydrogens (tertiary/aromatic N) is 1. The van der Waals surface area contributed by atoms with Crippen LogP contribution in [0.2, 0.25) is 0 Å². The number of rotatable bonds is 4. The smallest absolute Gasteiger partial charge is 0.135 e. The van der Waals surface area contributed by atoms with Gasteiger partial charge in [0.25, 0.3) is 0 Å². The summed E-state index contributed by atoms with van der Waals surface area (Å²) in [5.41, 5.74) is 8.86. The molecule has 0 bridgehead atoms. The number of aromatic nitrogens is 1. The Morgan fingerprint density at radius 2 is 0.955 bits per heavy atom. The van der Waals surface area contributed by atoms with Gasteiger partial charge < -0.3 is 4.42 Å². The summed E-state index contributed by atoms with van der Waals surface area (Å²) in [7, 11) is 0. The van der Waals surface area contributed by atoms with Crippen LogP contribution in [0.4, 0.5) is 0 Å². The van der Waals surface area contributed by atoms with Crippen molar-refractivity contribution in [2.45, 2.75) is 6.42 Å². The van der Waals surface area contributed by atoms with Crippen LogP contribution in [0.5, 0.6) is 0 Å². The SMILES string of the molecule is c1ccc(Cc2ccc(-c3ccc4c5ccc(-c6ccc7oc8ccccc8c7c6)cc5c5ccccc5c4c3)nc2)cc1. The summed E-state index contributed by atoms with van der Waals surface area (Å²) in [6.45, 7) is 0. The van der Waals surface area contributed by atoms with Gasteiger partial charge in [0, 0.05) is 22.5 Å². The van der Waals surface area contributed by atoms with Gasteiger partial charge in [-0.3, -0.25) is 4.98 Å². The van der Waals surface area contributed by atoms with Crippen LogP contribution in [0.1, 0.15) is 11.1 Å². The van der Waals surface area contributed by atoms with E-state index >= 15 is 0 Å². The number of fused-ring (bicyclic) bond motifs is 9. The van der Waals surface area contributed by atoms with Crippen molar-refractivity contribution in [3.05, 3.63) is 163 Å². The van der Waals surface area contributed by atoms with Crippen molar-refractivity contribution in [2.24, 2.45) is 0 Å². The van der Waals surface area contributed by atoms with E-state index in [0.29, 0.717) is 0 Å². The second-order valence-corrected chi connectivity index (χ2v) is 11.6. The zero-order valence-electron chi connectivity index (χ0n) is 24.0. The lowest BCUT2D eigenvalue weighted by Gasteiger charge is -2.13. The molecule has 2 heteroatoms. The molecule has 0 fully saturated rings. The first-order valence-corrected chi connectivity index (χ1v) is 15.1. The fourth-order valence-corrected chi connectivity index (χ4v) is 6.73. The number of hydrogen-bond acceptors (Lipinski definition) is 2. The maximum absolute atomic E-state index is 6.09. The van der Waals surface area contributed by atoms with Crippen molar-refractivity contribution in [2.75, 3.05) is 0 Å². The van der Waals surface area contributed by atoms with Gasteiger partial charge in [-0.25, -0.2) is 0 Å². The Labute approximate surface area is 254 Å². The van der Waals surface area contributed by atoms with Crippen LogP contribution in [0.3, 0.4) is 0 Å². The van der Waals surface area contributed by atoms with E-state index < -0.39 is 0 Å². The van der Waals surface area contributed by atoms with Crippen LogP contribution in [0.15, 0.2) is 156 Å². The van der Waals surface area contributed by atoms with E-state index in [9.17, 15) is 0 Å². The van der Waals surface area contributed by atoms with Crippen molar-refractivity contribution in [3.63, 3.8) is 0 Å². The molecule has 0 radical (unpaired) electrons. The van der Waals surface area contributed by atoms with Gasteiger partial charge in [0.15, 0.2) is 0 Å². The van der Waals surface area contributed by atoms with Gasteiger partial charge in [0.2, 0.25) is 0 Å². The third-order valence-corrected chi connectivity index (χ3v) is 8.92. The first-order chi connectivity index (χ1) is 21.8. The van der Waals surface area contributed by atoms with E-state index in [1.807, 2.05) is 18.3 Å². The number of furan rings is 1. The van der Waals surface area contributed by atoms with E-state index in [1.54, 1.807) is 0 Å². The molecule has 0 N–H and O–H groups in total. The Bertz CT molecular complexity index is 2490. The van der Waals surface area contributed by atoms with E-state index in [2.05, 4.69) is 133 Å². The summed E-state index contributed by atoms with van der Waals surface area (Å²) < 4.78 is 6.09. The molecule has 9 rings (SSSR count). The molecule has 0 saturated heterocycles. The molecular weight excluding hydrogens is 534 g/mol. The fraction of sp³-hybridized carbons (Fsp3) is 0.0238. The molecule has 0 aliphatic carbocycles. The first-order valence-electron chi connectivity index (χ1n) is 15.1. The normalized spacial score (nSPS) is 11.7. The fourth-order valence-electron chi connectivity index (χ4n) is 6.73. The summed E-state index contributed by atoms with van der Waals surface area (Å²) in [5.74, 6) is 0. The van der Waals surface area contributed by atoms with Crippen LogP contribution >= 0.6 is 0 Å². The number of pyridine rings is 1. The van der Waals surface area contributed by atoms with Crippen LogP contribution in [-0.4, -0.2) is 4.98 Å². The summed E-state index contributed by atoms with van der Waals surface area (Å²) >= 11 is 0. The van der Waals surface area contributed by atoms with Crippen LogP contribution in [-0.2, 0) is 6.42 Å². The highest BCUT2D eigenvalue weighted by molar-refractivity contribution is 6.26. The van der Waals surface area contributed by atoms with Gasteiger partial charge in [-0.1, -0.05) is 109 Å². The summed E-state index contributed by atoms with van der Waals surface area (Å²) in [6.07, 6.45) is 2.90. The second kappa shape index (κ2) is 9.93. The minimum absolute atomic E-state index is 0.886. The monoisotopic (exact) mass is 561 g/mol. The Hall–Kier alpha value is -5.73. The van der Waals surface area contributed by atoms with E-state index in [4.69, 9.17) is 9.40 Å². The van der Waals surface area contributed by atoms with Crippen molar-refractivity contribution in [1.82, 2.24) is 4.98 Å². The van der Waals surface area contributed by atoms with Gasteiger partial charge in [-0.2, -0.15) is 0 Å². The zero-order valence-corrected chi connectivity index (χ0v) is 24.0. The molecule has 2 nitrogen and oxygen atoms in total. The zero-order chi connectivity index (χ0) is 29.0. The Morgan fingerprint density at radius 1 is 0.386 bits per heavy atom. The number of benzene rings is 7. The molecule has 0 aliphatic rings. The Balaban J connectivity index is 1.16. The van der Waals surface area contributed by atoms with Crippen molar-refractivity contribution >= 4 is 54.3 Å². The van der Waals surface area contributed by atoms with E-state index in [0.717, 1.165) is 39.6 Å². The van der Waals surface area contributed by atoms with Crippen LogP contribution in [0.25, 0.3) is 76.6 Å². The van der Waals surface area contributed by atoms with Gasteiger partial charge >= 0.3 is 0 Å². The molecule has 44 heavy (non-hydrogen) atoms. The van der Waals surface area contributed by atoms with E-state index in [1.165, 1.54) is 54.6 Å². The molecule has 0 aliphatic heterocycles. The molecule has 0 spiro atoms. The third kappa shape index (κ3) is 4.07. The predicted molar refractivity (Wildman–Crippen MR) is 184 cm³/mol. The maximum Gasteiger partial charge on any atom is 0.135 e. The molecular formula is C42H27NO. The highest BCUT2D eigenvalue weighted by Crippen LogP contribution is 2.39. The lowest BCUT2D eigenvalue weighted by atomic mass is 9.90. The summed E-state index contributed by atoms with van der Waals surface area (Å²) in [5, 5.41) is 9.84. The number of hydrogen-bond donors (Lipinski definition) is 0. The maximum atomic E-state index is 6.09. The quantitative estimate of drug-likeness (QED) is 0.200. The summed E-state index contributed by atoms with van der Waals surface area (Å²) in [4.78, 5) is 4.87. The number of para-hydroxylation sites is 1. The highest BCUT2D eigenvalue weighted by atomic mass is 16.3. The lowest BCUT2D eigenvalue weighted by molar-refractivity contribution is 0.669. The minimum Gasteiger partial charge on any atom is -0.456 e. The van der Waals surface area contributed by atoms with Gasteiger partial charge in [0.05, 0.1) is 5.69 Å². The van der Waals surface area contributed by atoms with Crippen LogP contribution in [0, 0.1) is 0 Å². The molecule has 0 amide bonds. The topological polar surface area (TPSA) is 26.0 Å². The Morgan fingerprint density at radius 3 is 1.68 bits per heavy atom. The minimum atomic E-state index is 0.886. The van der Waals surface area contributed by atoms with Crippen LogP contribution < -0.4 is 0 Å². The predicted octanol–water partition coefficient (Wildman–Crippen LogP) is 11.4. The molecule has 2 heterocycles. The molecule has 0 atom stereocenters. The van der Waals surface area contributed by atoms with Gasteiger partial charge in [0.1, 0.15) is 11.2 Å². The molecule has 2 aromatic heterocycles. The van der Waals surface area contributed by atoms with Gasteiger partial charge in [-0.15, -0.1) is 0 Å². The van der Waals surface area contributed by atoms with Gasteiger partial charge in [-0.05, 0) is 97.4 Å². The molecule has 7 aromatic carbocycles. The van der Waals surface area contributed by atoms with Crippen molar-refractivity contribution in [1.29, 1.82) is 0 Å². The highest BCUT2D eigenvalue weighted by Gasteiger charge is 2.13. The average Bonchev–Trinajstić information content (AvgIpc) is 3.47. The van der Waals surface area contributed by atoms with Crippen molar-refractivity contribution in [3.8, 4) is 22.4 Å². The largest absolute Gasteiger partial charge is 0.456 e. The average molecular weight is 562 g/mol. The lowest BCUT2D eigenvalue weighted by Crippen LogP contribution is -1.91. The molecule has 9 aromatic rings. The summed E-state index contributed by atoms with van der Waals surface area (Å²) in [6, 6.07) is 52.1. The van der Waals surface area contributed by atoms with E-state index in [-0.39, 0.29) is 0 Å². The third-order valence-electron chi connectivity index (χ3n) is 8.92. The molecule has 206 valence electrons.